The number of anilines is 2. The summed E-state index contributed by atoms with van der Waals surface area (Å²) in [7, 11) is -0.824. The monoisotopic (exact) mass is 682 g/mol. The Balaban J connectivity index is 1.25. The van der Waals surface area contributed by atoms with Gasteiger partial charge < -0.3 is 35.4 Å². The van der Waals surface area contributed by atoms with Crippen LogP contribution in [-0.4, -0.2) is 74.3 Å². The van der Waals surface area contributed by atoms with Gasteiger partial charge in [0.15, 0.2) is 5.60 Å². The molecule has 2 saturated heterocycles. The Bertz CT molecular complexity index is 1760. The third-order valence-electron chi connectivity index (χ3n) is 11.5. The highest BCUT2D eigenvalue weighted by atomic mass is 28.3. The molecule has 0 saturated carbocycles. The zero-order valence-corrected chi connectivity index (χ0v) is 29.6. The fraction of sp³-hybridized carbons (Fsp3) is 0.447. The average Bonchev–Trinajstić information content (AvgIpc) is 3.82. The van der Waals surface area contributed by atoms with Gasteiger partial charge in [0.1, 0.15) is 5.75 Å². The van der Waals surface area contributed by atoms with Crippen LogP contribution >= 0.6 is 0 Å². The first kappa shape index (κ1) is 33.5. The molecule has 0 aromatic heterocycles. The zero-order chi connectivity index (χ0) is 34.5. The van der Waals surface area contributed by atoms with Gasteiger partial charge in [0, 0.05) is 29.4 Å². The van der Waals surface area contributed by atoms with E-state index in [1.54, 1.807) is 12.0 Å². The SMILES string of the molecule is COc1ccc([Si](C)(C)[C@@H]2[C@@H](CC(=O)N3Cc4ccccc4C[C@H]3CO)O[C@]3(C(=O)Nc4ccc(NC(=O)[C@H]5CCCN5)cc43)[C@H]2C)cc1. The Morgan fingerprint density at radius 2 is 1.86 bits per heavy atom. The van der Waals surface area contributed by atoms with Crippen LogP contribution in [0.15, 0.2) is 66.7 Å². The summed E-state index contributed by atoms with van der Waals surface area (Å²) in [4.78, 5) is 43.4. The summed E-state index contributed by atoms with van der Waals surface area (Å²) in [5.41, 5.74) is 2.68. The molecule has 1 spiro atoms. The minimum atomic E-state index is -2.47. The normalized spacial score (nSPS) is 27.5. The first-order chi connectivity index (χ1) is 23.6. The lowest BCUT2D eigenvalue weighted by atomic mass is 9.82. The van der Waals surface area contributed by atoms with Gasteiger partial charge in [0.2, 0.25) is 11.8 Å². The van der Waals surface area contributed by atoms with Crippen molar-refractivity contribution in [3.63, 3.8) is 0 Å². The summed E-state index contributed by atoms with van der Waals surface area (Å²) < 4.78 is 12.5. The van der Waals surface area contributed by atoms with Gasteiger partial charge in [-0.3, -0.25) is 14.4 Å². The van der Waals surface area contributed by atoms with E-state index < -0.39 is 19.8 Å². The van der Waals surface area contributed by atoms with Crippen LogP contribution in [0.3, 0.4) is 0 Å². The number of amides is 3. The van der Waals surface area contributed by atoms with Crippen molar-refractivity contribution in [3.05, 3.63) is 83.4 Å². The van der Waals surface area contributed by atoms with Crippen LogP contribution in [0.25, 0.3) is 0 Å². The molecular formula is C38H46N4O6Si. The molecule has 0 bridgehead atoms. The highest BCUT2D eigenvalue weighted by molar-refractivity contribution is 6.91. The summed E-state index contributed by atoms with van der Waals surface area (Å²) in [6, 6.07) is 21.1. The minimum absolute atomic E-state index is 0.0778. The average molecular weight is 683 g/mol. The molecule has 49 heavy (non-hydrogen) atoms. The smallest absolute Gasteiger partial charge is 0.261 e. The van der Waals surface area contributed by atoms with E-state index in [1.807, 2.05) is 48.5 Å². The topological polar surface area (TPSA) is 129 Å². The van der Waals surface area contributed by atoms with Crippen molar-refractivity contribution < 1.29 is 29.0 Å². The summed E-state index contributed by atoms with van der Waals surface area (Å²) >= 11 is 0. The highest BCUT2D eigenvalue weighted by Gasteiger charge is 2.65. The molecule has 4 heterocycles. The van der Waals surface area contributed by atoms with Crippen molar-refractivity contribution in [1.29, 1.82) is 0 Å². The Hall–Kier alpha value is -4.03. The zero-order valence-electron chi connectivity index (χ0n) is 28.6. The molecular weight excluding hydrogens is 637 g/mol. The maximum Gasteiger partial charge on any atom is 0.261 e. The van der Waals surface area contributed by atoms with Crippen molar-refractivity contribution in [2.24, 2.45) is 5.92 Å². The number of hydrogen-bond acceptors (Lipinski definition) is 7. The molecule has 4 aliphatic heterocycles. The van der Waals surface area contributed by atoms with Gasteiger partial charge in [-0.05, 0) is 72.8 Å². The molecule has 3 aromatic rings. The molecule has 10 nitrogen and oxygen atoms in total. The standard InChI is InChI=1S/C38H46N4O6Si/c1-23-35(49(3,4)29-14-12-28(47-2)13-15-29)33(20-34(44)42-21-25-9-6-5-8-24(25)18-27(42)22-43)48-38(23)30-19-26(11-16-31(30)41-37(38)46)40-36(45)32-10-7-17-39-32/h5-6,8-9,11-16,19,23,27,32-33,35,39,43H,7,10,17-18,20-22H2,1-4H3,(H,40,45)(H,41,46)/t23-,27-,32+,33+,35-,38+/m0/s1. The number of carbonyl (C=O) groups excluding carboxylic acids is 3. The predicted molar refractivity (Wildman–Crippen MR) is 190 cm³/mol. The highest BCUT2D eigenvalue weighted by Crippen LogP contribution is 2.59. The Morgan fingerprint density at radius 1 is 1.10 bits per heavy atom. The van der Waals surface area contributed by atoms with Crippen LogP contribution in [-0.2, 0) is 37.7 Å². The van der Waals surface area contributed by atoms with E-state index in [9.17, 15) is 19.5 Å². The number of aliphatic hydroxyl groups is 1. The number of nitrogens with zero attached hydrogens (tertiary/aromatic N) is 1. The number of fused-ring (bicyclic) bond motifs is 3. The first-order valence-corrected chi connectivity index (χ1v) is 20.4. The summed E-state index contributed by atoms with van der Waals surface area (Å²) in [6.45, 7) is 7.73. The Kier molecular flexibility index (Phi) is 8.89. The minimum Gasteiger partial charge on any atom is -0.497 e. The second-order valence-corrected chi connectivity index (χ2v) is 19.2. The lowest BCUT2D eigenvalue weighted by molar-refractivity contribution is -0.149. The van der Waals surface area contributed by atoms with Gasteiger partial charge in [-0.15, -0.1) is 0 Å². The lowest BCUT2D eigenvalue weighted by Gasteiger charge is -2.39. The van der Waals surface area contributed by atoms with E-state index >= 15 is 0 Å². The van der Waals surface area contributed by atoms with E-state index in [-0.39, 0.29) is 54.3 Å². The molecule has 3 aromatic carbocycles. The molecule has 258 valence electrons. The fourth-order valence-corrected chi connectivity index (χ4v) is 12.9. The van der Waals surface area contributed by atoms with E-state index in [0.717, 1.165) is 36.3 Å². The van der Waals surface area contributed by atoms with Crippen molar-refractivity contribution in [1.82, 2.24) is 10.2 Å². The van der Waals surface area contributed by atoms with Crippen molar-refractivity contribution in [2.45, 2.75) is 81.6 Å². The first-order valence-electron chi connectivity index (χ1n) is 17.4. The molecule has 0 aliphatic carbocycles. The number of carbonyl (C=O) groups is 3. The number of rotatable bonds is 8. The molecule has 0 unspecified atom stereocenters. The molecule has 3 amide bonds. The second kappa shape index (κ2) is 13.0. The number of methoxy groups -OCH3 is 1. The number of hydrogen-bond donors (Lipinski definition) is 4. The molecule has 4 N–H and O–H groups in total. The van der Waals surface area contributed by atoms with Crippen molar-refractivity contribution in [2.75, 3.05) is 30.9 Å². The van der Waals surface area contributed by atoms with E-state index in [4.69, 9.17) is 9.47 Å². The molecule has 11 heteroatoms. The number of nitrogens with one attached hydrogen (secondary N) is 3. The second-order valence-electron chi connectivity index (χ2n) is 14.5. The van der Waals surface area contributed by atoms with Gasteiger partial charge >= 0.3 is 0 Å². The molecule has 2 fully saturated rings. The molecule has 4 aliphatic rings. The van der Waals surface area contributed by atoms with Gasteiger partial charge in [-0.2, -0.15) is 0 Å². The van der Waals surface area contributed by atoms with Crippen LogP contribution in [0.1, 0.15) is 42.9 Å². The van der Waals surface area contributed by atoms with E-state index in [1.165, 1.54) is 5.19 Å². The molecule has 0 radical (unpaired) electrons. The van der Waals surface area contributed by atoms with Crippen LogP contribution in [0.2, 0.25) is 18.6 Å². The number of ether oxygens (including phenoxy) is 2. The van der Waals surface area contributed by atoms with Crippen LogP contribution < -0.4 is 25.9 Å². The quantitative estimate of drug-likeness (QED) is 0.266. The summed E-state index contributed by atoms with van der Waals surface area (Å²) in [6.07, 6.45) is 1.83. The van der Waals surface area contributed by atoms with Crippen LogP contribution in [0.4, 0.5) is 11.4 Å². The van der Waals surface area contributed by atoms with E-state index in [2.05, 4.69) is 54.2 Å². The Morgan fingerprint density at radius 3 is 2.55 bits per heavy atom. The van der Waals surface area contributed by atoms with Gasteiger partial charge in [0.05, 0.1) is 46.4 Å². The summed E-state index contributed by atoms with van der Waals surface area (Å²) in [5, 5.41) is 20.9. The number of benzene rings is 3. The van der Waals surface area contributed by atoms with Gasteiger partial charge in [-0.25, -0.2) is 0 Å². The largest absolute Gasteiger partial charge is 0.497 e. The lowest BCUT2D eigenvalue weighted by Crippen LogP contribution is -2.52. The number of aliphatic hydroxyl groups excluding tert-OH is 1. The van der Waals surface area contributed by atoms with Crippen LogP contribution in [0, 0.1) is 5.92 Å². The van der Waals surface area contributed by atoms with E-state index in [0.29, 0.717) is 29.9 Å². The van der Waals surface area contributed by atoms with Gasteiger partial charge in [-0.1, -0.05) is 61.6 Å². The maximum absolute atomic E-state index is 14.3. The van der Waals surface area contributed by atoms with Gasteiger partial charge in [0.25, 0.3) is 5.91 Å². The molecule has 6 atom stereocenters. The van der Waals surface area contributed by atoms with Crippen LogP contribution in [0.5, 0.6) is 5.75 Å². The fourth-order valence-electron chi connectivity index (χ4n) is 8.88. The Labute approximate surface area is 288 Å². The maximum atomic E-state index is 14.3. The third kappa shape index (κ3) is 5.76. The summed E-state index contributed by atoms with van der Waals surface area (Å²) in [5.74, 6) is 0.0135. The van der Waals surface area contributed by atoms with Crippen molar-refractivity contribution >= 4 is 42.4 Å². The third-order valence-corrected chi connectivity index (χ3v) is 15.9. The molecule has 7 rings (SSSR count). The predicted octanol–water partition coefficient (Wildman–Crippen LogP) is 3.89. The van der Waals surface area contributed by atoms with Crippen molar-refractivity contribution in [3.8, 4) is 5.75 Å².